The fourth-order valence-corrected chi connectivity index (χ4v) is 3.84. The zero-order chi connectivity index (χ0) is 23.2. The Labute approximate surface area is 195 Å². The molecule has 0 aliphatic rings. The number of imidazole rings is 1. The number of nitrogens with zero attached hydrogens (tertiary/aromatic N) is 2. The van der Waals surface area contributed by atoms with Crippen LogP contribution in [0.3, 0.4) is 0 Å². The van der Waals surface area contributed by atoms with E-state index in [0.29, 0.717) is 18.7 Å². The van der Waals surface area contributed by atoms with E-state index in [4.69, 9.17) is 9.72 Å². The van der Waals surface area contributed by atoms with E-state index in [0.717, 1.165) is 47.6 Å². The lowest BCUT2D eigenvalue weighted by Crippen LogP contribution is -2.24. The van der Waals surface area contributed by atoms with Gasteiger partial charge >= 0.3 is 0 Å². The Balaban J connectivity index is 1.37. The lowest BCUT2D eigenvalue weighted by atomic mass is 10.1. The minimum absolute atomic E-state index is 0.0876. The zero-order valence-electron chi connectivity index (χ0n) is 19.6. The molecule has 170 valence electrons. The van der Waals surface area contributed by atoms with Crippen molar-refractivity contribution in [3.8, 4) is 5.75 Å². The number of amides is 1. The number of benzene rings is 3. The molecule has 0 saturated heterocycles. The van der Waals surface area contributed by atoms with E-state index in [-0.39, 0.29) is 5.91 Å². The van der Waals surface area contributed by atoms with Crippen LogP contribution in [-0.2, 0) is 13.1 Å². The molecule has 0 atom stereocenters. The standard InChI is InChI=1S/C28H31N3O2/c1-20-10-13-23(14-11-20)28(32)29-19-27-30-25-8-4-5-9-26(25)31(27)16-6-7-17-33-24-15-12-21(2)22(3)18-24/h4-5,8-15,18H,6-7,16-17,19H2,1-3H3,(H,29,32). The highest BCUT2D eigenvalue weighted by Gasteiger charge is 2.12. The van der Waals surface area contributed by atoms with Gasteiger partial charge in [-0.2, -0.15) is 0 Å². The average Bonchev–Trinajstić information content (AvgIpc) is 3.17. The van der Waals surface area contributed by atoms with E-state index in [2.05, 4.69) is 41.9 Å². The monoisotopic (exact) mass is 441 g/mol. The summed E-state index contributed by atoms with van der Waals surface area (Å²) >= 11 is 0. The van der Waals surface area contributed by atoms with Gasteiger partial charge in [0.1, 0.15) is 11.6 Å². The molecule has 0 aliphatic heterocycles. The number of fused-ring (bicyclic) bond motifs is 1. The number of carbonyl (C=O) groups is 1. The van der Waals surface area contributed by atoms with Crippen molar-refractivity contribution in [1.82, 2.24) is 14.9 Å². The van der Waals surface area contributed by atoms with Gasteiger partial charge in [0, 0.05) is 12.1 Å². The topological polar surface area (TPSA) is 56.2 Å². The van der Waals surface area contributed by atoms with Crippen LogP contribution in [0.15, 0.2) is 66.7 Å². The number of unbranched alkanes of at least 4 members (excludes halogenated alkanes) is 1. The molecule has 1 amide bonds. The minimum atomic E-state index is -0.0876. The second-order valence-corrected chi connectivity index (χ2v) is 8.52. The smallest absolute Gasteiger partial charge is 0.251 e. The first-order valence-electron chi connectivity index (χ1n) is 11.5. The Morgan fingerprint density at radius 2 is 1.73 bits per heavy atom. The molecule has 0 fully saturated rings. The van der Waals surface area contributed by atoms with Crippen LogP contribution in [-0.4, -0.2) is 22.1 Å². The van der Waals surface area contributed by atoms with Gasteiger partial charge in [-0.15, -0.1) is 0 Å². The van der Waals surface area contributed by atoms with Crippen LogP contribution in [0.4, 0.5) is 0 Å². The van der Waals surface area contributed by atoms with Crippen molar-refractivity contribution < 1.29 is 9.53 Å². The van der Waals surface area contributed by atoms with Crippen LogP contribution in [0.25, 0.3) is 11.0 Å². The molecular weight excluding hydrogens is 410 g/mol. The van der Waals surface area contributed by atoms with Gasteiger partial charge in [-0.05, 0) is 81.1 Å². The van der Waals surface area contributed by atoms with Gasteiger partial charge in [-0.25, -0.2) is 4.98 Å². The first kappa shape index (κ1) is 22.6. The van der Waals surface area contributed by atoms with Gasteiger partial charge in [0.2, 0.25) is 0 Å². The maximum Gasteiger partial charge on any atom is 0.251 e. The van der Waals surface area contributed by atoms with Crippen molar-refractivity contribution in [3.63, 3.8) is 0 Å². The summed E-state index contributed by atoms with van der Waals surface area (Å²) in [7, 11) is 0. The number of hydrogen-bond donors (Lipinski definition) is 1. The molecule has 0 aliphatic carbocycles. The van der Waals surface area contributed by atoms with Gasteiger partial charge in [-0.1, -0.05) is 35.9 Å². The molecule has 5 nitrogen and oxygen atoms in total. The summed E-state index contributed by atoms with van der Waals surface area (Å²) < 4.78 is 8.14. The summed E-state index contributed by atoms with van der Waals surface area (Å²) in [5, 5.41) is 3.02. The van der Waals surface area contributed by atoms with Crippen LogP contribution in [0, 0.1) is 20.8 Å². The van der Waals surface area contributed by atoms with E-state index >= 15 is 0 Å². The first-order valence-corrected chi connectivity index (χ1v) is 11.5. The second-order valence-electron chi connectivity index (χ2n) is 8.52. The molecule has 0 radical (unpaired) electrons. The van der Waals surface area contributed by atoms with Crippen LogP contribution in [0.1, 0.15) is 45.7 Å². The van der Waals surface area contributed by atoms with Crippen molar-refractivity contribution in [3.05, 3.63) is 94.8 Å². The highest BCUT2D eigenvalue weighted by atomic mass is 16.5. The number of hydrogen-bond acceptors (Lipinski definition) is 3. The van der Waals surface area contributed by atoms with Crippen LogP contribution in [0.2, 0.25) is 0 Å². The fourth-order valence-electron chi connectivity index (χ4n) is 3.84. The molecule has 4 aromatic rings. The van der Waals surface area contributed by atoms with Gasteiger partial charge < -0.3 is 14.6 Å². The van der Waals surface area contributed by atoms with Gasteiger partial charge in [0.15, 0.2) is 0 Å². The second kappa shape index (κ2) is 10.3. The molecule has 0 bridgehead atoms. The Bertz CT molecular complexity index is 1240. The predicted molar refractivity (Wildman–Crippen MR) is 133 cm³/mol. The summed E-state index contributed by atoms with van der Waals surface area (Å²) in [5.74, 6) is 1.70. The van der Waals surface area contributed by atoms with E-state index in [1.165, 1.54) is 11.1 Å². The SMILES string of the molecule is Cc1ccc(C(=O)NCc2nc3ccccc3n2CCCCOc2ccc(C)c(C)c2)cc1. The fraction of sp³-hybridized carbons (Fsp3) is 0.286. The lowest BCUT2D eigenvalue weighted by Gasteiger charge is -2.11. The normalized spacial score (nSPS) is 11.0. The zero-order valence-corrected chi connectivity index (χ0v) is 19.6. The summed E-state index contributed by atoms with van der Waals surface area (Å²) in [5.41, 5.74) is 6.35. The molecular formula is C28H31N3O2. The highest BCUT2D eigenvalue weighted by Crippen LogP contribution is 2.19. The van der Waals surface area contributed by atoms with E-state index < -0.39 is 0 Å². The molecule has 0 unspecified atom stereocenters. The number of aryl methyl sites for hydroxylation is 4. The molecule has 0 spiro atoms. The quantitative estimate of drug-likeness (QED) is 0.337. The van der Waals surface area contributed by atoms with Crippen molar-refractivity contribution in [2.45, 2.75) is 46.7 Å². The summed E-state index contributed by atoms with van der Waals surface area (Å²) in [4.78, 5) is 17.3. The first-order chi connectivity index (χ1) is 16.0. The highest BCUT2D eigenvalue weighted by molar-refractivity contribution is 5.94. The van der Waals surface area contributed by atoms with Crippen LogP contribution in [0.5, 0.6) is 5.75 Å². The number of para-hydroxylation sites is 2. The van der Waals surface area contributed by atoms with E-state index in [1.807, 2.05) is 55.5 Å². The predicted octanol–water partition coefficient (Wildman–Crippen LogP) is 5.75. The Morgan fingerprint density at radius 3 is 2.52 bits per heavy atom. The molecule has 33 heavy (non-hydrogen) atoms. The van der Waals surface area contributed by atoms with Crippen molar-refractivity contribution in [2.75, 3.05) is 6.61 Å². The third-order valence-corrected chi connectivity index (χ3v) is 5.98. The molecule has 5 heteroatoms. The van der Waals surface area contributed by atoms with E-state index in [1.54, 1.807) is 0 Å². The molecule has 1 N–H and O–H groups in total. The van der Waals surface area contributed by atoms with Gasteiger partial charge in [-0.3, -0.25) is 4.79 Å². The number of ether oxygens (including phenoxy) is 1. The van der Waals surface area contributed by atoms with Crippen molar-refractivity contribution in [1.29, 1.82) is 0 Å². The van der Waals surface area contributed by atoms with Crippen molar-refractivity contribution in [2.24, 2.45) is 0 Å². The molecule has 3 aromatic carbocycles. The largest absolute Gasteiger partial charge is 0.494 e. The molecule has 0 saturated carbocycles. The Hall–Kier alpha value is -3.60. The maximum atomic E-state index is 12.6. The van der Waals surface area contributed by atoms with Crippen molar-refractivity contribution >= 4 is 16.9 Å². The number of nitrogens with one attached hydrogen (secondary N) is 1. The van der Waals surface area contributed by atoms with Gasteiger partial charge in [0.05, 0.1) is 24.2 Å². The number of rotatable bonds is 9. The Kier molecular flexibility index (Phi) is 7.08. The summed E-state index contributed by atoms with van der Waals surface area (Å²) in [6, 6.07) is 21.9. The molecule has 1 heterocycles. The summed E-state index contributed by atoms with van der Waals surface area (Å²) in [6.07, 6.45) is 1.90. The number of aromatic nitrogens is 2. The lowest BCUT2D eigenvalue weighted by molar-refractivity contribution is 0.0949. The third-order valence-electron chi connectivity index (χ3n) is 5.98. The molecule has 1 aromatic heterocycles. The third kappa shape index (κ3) is 5.61. The van der Waals surface area contributed by atoms with Gasteiger partial charge in [0.25, 0.3) is 5.91 Å². The van der Waals surface area contributed by atoms with Crippen LogP contribution < -0.4 is 10.1 Å². The van der Waals surface area contributed by atoms with E-state index in [9.17, 15) is 4.79 Å². The average molecular weight is 442 g/mol. The maximum absolute atomic E-state index is 12.6. The molecule has 4 rings (SSSR count). The number of carbonyl (C=O) groups excluding carboxylic acids is 1. The van der Waals surface area contributed by atoms with Crippen LogP contribution >= 0.6 is 0 Å². The summed E-state index contributed by atoms with van der Waals surface area (Å²) in [6.45, 7) is 8.11. The Morgan fingerprint density at radius 1 is 0.939 bits per heavy atom. The minimum Gasteiger partial charge on any atom is -0.494 e.